The number of amides is 2. The molecule has 40 heavy (non-hydrogen) atoms. The van der Waals surface area contributed by atoms with Crippen LogP contribution in [0.15, 0.2) is 66.7 Å². The number of nitrogens with one attached hydrogen (secondary N) is 2. The zero-order chi connectivity index (χ0) is 29.9. The maximum absolute atomic E-state index is 14.8. The van der Waals surface area contributed by atoms with Crippen LogP contribution < -0.4 is 15.4 Å². The van der Waals surface area contributed by atoms with Crippen molar-refractivity contribution in [1.82, 2.24) is 10.6 Å². The van der Waals surface area contributed by atoms with E-state index in [1.807, 2.05) is 0 Å². The predicted octanol–water partition coefficient (Wildman–Crippen LogP) is 7.41. The summed E-state index contributed by atoms with van der Waals surface area (Å²) < 4.78 is 127. The minimum absolute atomic E-state index is 0.368. The fourth-order valence-corrected chi connectivity index (χ4v) is 4.03. The Hall–Kier alpha value is -3.90. The molecular weight excluding hydrogens is 555 g/mol. The molecular formula is C27H23F9N2O2. The lowest BCUT2D eigenvalue weighted by Crippen LogP contribution is -2.53. The normalized spacial score (nSPS) is 13.7. The van der Waals surface area contributed by atoms with E-state index in [0.717, 1.165) is 6.07 Å². The van der Waals surface area contributed by atoms with Gasteiger partial charge in [-0.05, 0) is 54.8 Å². The highest BCUT2D eigenvalue weighted by Crippen LogP contribution is 2.40. The van der Waals surface area contributed by atoms with Gasteiger partial charge < -0.3 is 15.4 Å². The van der Waals surface area contributed by atoms with E-state index in [1.165, 1.54) is 12.1 Å². The number of benzene rings is 3. The first-order valence-electron chi connectivity index (χ1n) is 11.7. The van der Waals surface area contributed by atoms with Crippen molar-refractivity contribution in [2.45, 2.75) is 50.6 Å². The summed E-state index contributed by atoms with van der Waals surface area (Å²) in [4.78, 5) is 13.0. The van der Waals surface area contributed by atoms with Crippen LogP contribution in [0.3, 0.4) is 0 Å². The fourth-order valence-electron chi connectivity index (χ4n) is 4.03. The van der Waals surface area contributed by atoms with E-state index in [0.29, 0.717) is 35.9 Å². The Bertz CT molecular complexity index is 1330. The van der Waals surface area contributed by atoms with Crippen LogP contribution in [0, 0.1) is 11.6 Å². The van der Waals surface area contributed by atoms with Crippen LogP contribution in [0.1, 0.15) is 36.1 Å². The lowest BCUT2D eigenvalue weighted by Gasteiger charge is -2.37. The molecule has 3 aromatic carbocycles. The Morgan fingerprint density at radius 1 is 0.875 bits per heavy atom. The molecule has 2 amide bonds. The van der Waals surface area contributed by atoms with Gasteiger partial charge in [0.25, 0.3) is 0 Å². The van der Waals surface area contributed by atoms with Crippen molar-refractivity contribution < 1.29 is 49.0 Å². The number of carbonyl (C=O) groups is 1. The first-order chi connectivity index (χ1) is 18.5. The topological polar surface area (TPSA) is 50.4 Å². The van der Waals surface area contributed by atoms with Gasteiger partial charge in [-0.25, -0.2) is 13.6 Å². The van der Waals surface area contributed by atoms with E-state index in [9.17, 15) is 44.3 Å². The number of ether oxygens (including phenoxy) is 1. The number of hydrogen-bond donors (Lipinski definition) is 2. The Kier molecular flexibility index (Phi) is 8.95. The van der Waals surface area contributed by atoms with Gasteiger partial charge in [0.2, 0.25) is 0 Å². The molecule has 0 bridgehead atoms. The third-order valence-electron chi connectivity index (χ3n) is 5.70. The molecule has 0 aromatic heterocycles. The molecule has 0 saturated heterocycles. The smallest absolute Gasteiger partial charge is 0.428 e. The minimum atomic E-state index is -5.19. The van der Waals surface area contributed by atoms with Crippen molar-refractivity contribution in [3.8, 4) is 5.75 Å². The molecule has 0 heterocycles. The molecule has 0 spiro atoms. The van der Waals surface area contributed by atoms with Crippen LogP contribution in [0.5, 0.6) is 5.75 Å². The fraction of sp³-hybridized carbons (Fsp3) is 0.296. The monoisotopic (exact) mass is 578 g/mol. The molecule has 3 aromatic rings. The summed E-state index contributed by atoms with van der Waals surface area (Å²) in [5.41, 5.74) is -4.40. The zero-order valence-corrected chi connectivity index (χ0v) is 20.9. The lowest BCUT2D eigenvalue weighted by atomic mass is 9.77. The SMILES string of the molecule is CC(C)NC(=O)NC(Cc1ccccc1)(c1cc(F)cc(OC(F)(F)C(F)F)c1)c1ccc(F)c(C(F)(F)F)c1. The molecule has 13 heteroatoms. The highest BCUT2D eigenvalue weighted by Gasteiger charge is 2.45. The second kappa shape index (κ2) is 11.7. The molecule has 0 saturated carbocycles. The molecule has 0 fully saturated rings. The molecule has 1 atom stereocenters. The van der Waals surface area contributed by atoms with Crippen LogP contribution in [-0.4, -0.2) is 24.6 Å². The quantitative estimate of drug-likeness (QED) is 0.260. The number of hydrogen-bond acceptors (Lipinski definition) is 2. The number of urea groups is 1. The van der Waals surface area contributed by atoms with Gasteiger partial charge in [-0.15, -0.1) is 0 Å². The van der Waals surface area contributed by atoms with E-state index in [4.69, 9.17) is 0 Å². The van der Waals surface area contributed by atoms with Gasteiger partial charge in [-0.3, -0.25) is 0 Å². The summed E-state index contributed by atoms with van der Waals surface area (Å²) in [6.07, 6.45) is -14.9. The van der Waals surface area contributed by atoms with Crippen molar-refractivity contribution in [2.24, 2.45) is 0 Å². The molecule has 4 nitrogen and oxygen atoms in total. The Morgan fingerprint density at radius 2 is 1.52 bits per heavy atom. The second-order valence-corrected chi connectivity index (χ2v) is 9.15. The van der Waals surface area contributed by atoms with Crippen molar-refractivity contribution in [3.05, 3.63) is 101 Å². The Labute approximate surface area is 223 Å². The van der Waals surface area contributed by atoms with Gasteiger partial charge in [0.15, 0.2) is 0 Å². The highest BCUT2D eigenvalue weighted by atomic mass is 19.4. The van der Waals surface area contributed by atoms with Gasteiger partial charge in [0, 0.05) is 18.5 Å². The van der Waals surface area contributed by atoms with E-state index in [2.05, 4.69) is 15.4 Å². The van der Waals surface area contributed by atoms with Crippen LogP contribution in [0.4, 0.5) is 44.3 Å². The zero-order valence-electron chi connectivity index (χ0n) is 20.9. The van der Waals surface area contributed by atoms with Crippen molar-refractivity contribution >= 4 is 6.03 Å². The molecule has 0 radical (unpaired) electrons. The minimum Gasteiger partial charge on any atom is -0.428 e. The molecule has 0 aliphatic rings. The van der Waals surface area contributed by atoms with Crippen LogP contribution in [0.2, 0.25) is 0 Å². The summed E-state index contributed by atoms with van der Waals surface area (Å²) in [7, 11) is 0. The van der Waals surface area contributed by atoms with Crippen molar-refractivity contribution in [1.29, 1.82) is 0 Å². The average molecular weight is 578 g/mol. The van der Waals surface area contributed by atoms with E-state index < -0.39 is 76.8 Å². The molecule has 3 rings (SSSR count). The second-order valence-electron chi connectivity index (χ2n) is 9.15. The maximum atomic E-state index is 14.8. The average Bonchev–Trinajstić information content (AvgIpc) is 2.82. The summed E-state index contributed by atoms with van der Waals surface area (Å²) in [6, 6.07) is 9.87. The third-order valence-corrected chi connectivity index (χ3v) is 5.70. The first-order valence-corrected chi connectivity index (χ1v) is 11.7. The molecule has 216 valence electrons. The van der Waals surface area contributed by atoms with E-state index in [1.54, 1.807) is 32.0 Å². The van der Waals surface area contributed by atoms with Crippen LogP contribution in [0.25, 0.3) is 0 Å². The molecule has 0 aliphatic heterocycles. The third kappa shape index (κ3) is 7.19. The van der Waals surface area contributed by atoms with Crippen LogP contribution >= 0.6 is 0 Å². The Balaban J connectivity index is 2.36. The summed E-state index contributed by atoms with van der Waals surface area (Å²) in [5, 5.41) is 4.95. The predicted molar refractivity (Wildman–Crippen MR) is 127 cm³/mol. The molecule has 0 aliphatic carbocycles. The van der Waals surface area contributed by atoms with Gasteiger partial charge in [0.05, 0.1) is 11.1 Å². The number of rotatable bonds is 9. The first kappa shape index (κ1) is 30.6. The van der Waals surface area contributed by atoms with Gasteiger partial charge in [-0.1, -0.05) is 36.4 Å². The van der Waals surface area contributed by atoms with E-state index in [-0.39, 0.29) is 0 Å². The van der Waals surface area contributed by atoms with Gasteiger partial charge >= 0.3 is 24.7 Å². The molecule has 2 N–H and O–H groups in total. The van der Waals surface area contributed by atoms with Gasteiger partial charge in [0.1, 0.15) is 17.4 Å². The summed E-state index contributed by atoms with van der Waals surface area (Å²) in [5.74, 6) is -4.03. The largest absolute Gasteiger partial charge is 0.461 e. The number of carbonyl (C=O) groups excluding carboxylic acids is 1. The maximum Gasteiger partial charge on any atom is 0.461 e. The van der Waals surface area contributed by atoms with Crippen LogP contribution in [-0.2, 0) is 18.1 Å². The van der Waals surface area contributed by atoms with Gasteiger partial charge in [-0.2, -0.15) is 30.7 Å². The summed E-state index contributed by atoms with van der Waals surface area (Å²) in [6.45, 7) is 3.14. The summed E-state index contributed by atoms with van der Waals surface area (Å²) >= 11 is 0. The van der Waals surface area contributed by atoms with Crippen molar-refractivity contribution in [2.75, 3.05) is 0 Å². The number of alkyl halides is 7. The van der Waals surface area contributed by atoms with Crippen molar-refractivity contribution in [3.63, 3.8) is 0 Å². The highest BCUT2D eigenvalue weighted by molar-refractivity contribution is 5.76. The standard InChI is InChI=1S/C27H23F9N2O2/c1-15(2)37-24(39)38-25(14-16-6-4-3-5-7-16,17-8-9-22(29)21(12-17)26(32,33)34)18-10-19(28)13-20(11-18)40-27(35,36)23(30)31/h3-13,15,23H,14H2,1-2H3,(H2,37,38,39). The number of halogens is 9. The van der Waals surface area contributed by atoms with E-state index >= 15 is 0 Å². The Morgan fingerprint density at radius 3 is 2.10 bits per heavy atom. The lowest BCUT2D eigenvalue weighted by molar-refractivity contribution is -0.253. The molecule has 1 unspecified atom stereocenters.